The molecule has 1 aromatic carbocycles. The first-order valence-corrected chi connectivity index (χ1v) is 10.4. The summed E-state index contributed by atoms with van der Waals surface area (Å²) < 4.78 is 21.5. The Balaban J connectivity index is 2.45. The zero-order valence-corrected chi connectivity index (χ0v) is 15.9. The summed E-state index contributed by atoms with van der Waals surface area (Å²) in [5.41, 5.74) is 0.0360. The maximum Gasteiger partial charge on any atom is 0.410 e. The van der Waals surface area contributed by atoms with Crippen molar-refractivity contribution in [1.82, 2.24) is 5.32 Å². The Labute approximate surface area is 152 Å². The van der Waals surface area contributed by atoms with Gasteiger partial charge in [0.1, 0.15) is 0 Å². The topological polar surface area (TPSA) is 102 Å². The van der Waals surface area contributed by atoms with Crippen molar-refractivity contribution in [3.8, 4) is 0 Å². The van der Waals surface area contributed by atoms with Crippen molar-refractivity contribution in [3.63, 3.8) is 0 Å². The number of hydrogen-bond acceptors (Lipinski definition) is 5. The van der Waals surface area contributed by atoms with Crippen LogP contribution in [0.3, 0.4) is 0 Å². The van der Waals surface area contributed by atoms with E-state index in [0.717, 1.165) is 0 Å². The minimum Gasteiger partial charge on any atom is -0.428 e. The highest BCUT2D eigenvalue weighted by atomic mass is 35.5. The van der Waals surface area contributed by atoms with Gasteiger partial charge in [-0.15, -0.1) is 0 Å². The number of ether oxygens (including phenoxy) is 2. The molecule has 0 aliphatic heterocycles. The van der Waals surface area contributed by atoms with Gasteiger partial charge in [-0.2, -0.15) is 0 Å². The van der Waals surface area contributed by atoms with Gasteiger partial charge in [-0.05, 0) is 30.5 Å². The Morgan fingerprint density at radius 1 is 1.28 bits per heavy atom. The molecule has 1 rings (SSSR count). The molecule has 0 aliphatic carbocycles. The number of esters is 1. The van der Waals surface area contributed by atoms with E-state index in [1.165, 1.54) is 6.66 Å². The van der Waals surface area contributed by atoms with Crippen molar-refractivity contribution in [2.75, 3.05) is 20.0 Å². The number of hydrogen-bond donors (Lipinski definition) is 2. The number of alkyl carbamates (subject to hydrolysis) is 1. The third-order valence-electron chi connectivity index (χ3n) is 3.38. The molecular weight excluding hydrogens is 369 g/mol. The van der Waals surface area contributed by atoms with Gasteiger partial charge in [0.2, 0.25) is 14.2 Å². The Kier molecular flexibility index (Phi) is 8.97. The van der Waals surface area contributed by atoms with Gasteiger partial charge in [-0.25, -0.2) is 4.79 Å². The lowest BCUT2D eigenvalue weighted by Gasteiger charge is -2.20. The second-order valence-electron chi connectivity index (χ2n) is 5.54. The molecule has 7 nitrogen and oxygen atoms in total. The number of carbonyl (C=O) groups is 2. The van der Waals surface area contributed by atoms with Gasteiger partial charge in [0.05, 0.1) is 5.66 Å². The third kappa shape index (κ3) is 8.38. The Hall–Kier alpha value is -1.56. The summed E-state index contributed by atoms with van der Waals surface area (Å²) in [5, 5.41) is 2.99. The van der Waals surface area contributed by atoms with E-state index in [4.69, 9.17) is 21.1 Å². The lowest BCUT2D eigenvalue weighted by molar-refractivity contribution is -0.151. The maximum absolute atomic E-state index is 12.1. The molecule has 140 valence electrons. The second kappa shape index (κ2) is 10.4. The average Bonchev–Trinajstić information content (AvgIpc) is 2.52. The van der Waals surface area contributed by atoms with E-state index in [1.807, 2.05) is 6.92 Å². The normalized spacial score (nSPS) is 14.2. The molecule has 0 radical (unpaired) electrons. The fourth-order valence-corrected chi connectivity index (χ4v) is 3.61. The fourth-order valence-electron chi connectivity index (χ4n) is 2.15. The van der Waals surface area contributed by atoms with Crippen LogP contribution in [0.4, 0.5) is 4.79 Å². The van der Waals surface area contributed by atoms with Crippen molar-refractivity contribution >= 4 is 31.0 Å². The first kappa shape index (κ1) is 21.5. The number of rotatable bonds is 9. The van der Waals surface area contributed by atoms with Gasteiger partial charge in [0.15, 0.2) is 0 Å². The molecule has 0 heterocycles. The fraction of sp³-hybridized carbons (Fsp3) is 0.500. The first-order valence-electron chi connectivity index (χ1n) is 7.85. The highest BCUT2D eigenvalue weighted by molar-refractivity contribution is 7.57. The lowest BCUT2D eigenvalue weighted by Crippen LogP contribution is -2.27. The van der Waals surface area contributed by atoms with Crippen molar-refractivity contribution in [1.29, 1.82) is 0 Å². The van der Waals surface area contributed by atoms with Crippen molar-refractivity contribution in [2.45, 2.75) is 31.8 Å². The van der Waals surface area contributed by atoms with Gasteiger partial charge in [0, 0.05) is 24.7 Å². The molecule has 0 saturated heterocycles. The van der Waals surface area contributed by atoms with Crippen LogP contribution < -0.4 is 5.32 Å². The van der Waals surface area contributed by atoms with Crippen molar-refractivity contribution < 1.29 is 28.5 Å². The second-order valence-corrected chi connectivity index (χ2v) is 8.49. The van der Waals surface area contributed by atoms with E-state index >= 15 is 0 Å². The van der Waals surface area contributed by atoms with Crippen LogP contribution in [0, 0.1) is 0 Å². The van der Waals surface area contributed by atoms with Gasteiger partial charge >= 0.3 is 12.1 Å². The summed E-state index contributed by atoms with van der Waals surface area (Å²) in [7, 11) is -3.42. The summed E-state index contributed by atoms with van der Waals surface area (Å²) in [5.74, 6) is -0.440. The van der Waals surface area contributed by atoms with E-state index in [9.17, 15) is 19.0 Å². The van der Waals surface area contributed by atoms with Crippen LogP contribution in [-0.2, 0) is 18.8 Å². The Morgan fingerprint density at radius 3 is 2.48 bits per heavy atom. The molecule has 1 aromatic rings. The highest BCUT2D eigenvalue weighted by Crippen LogP contribution is 2.54. The predicted octanol–water partition coefficient (Wildman–Crippen LogP) is 3.70. The molecule has 25 heavy (non-hydrogen) atoms. The molecule has 9 heteroatoms. The molecule has 0 aromatic heterocycles. The van der Waals surface area contributed by atoms with Gasteiger partial charge in [0.25, 0.3) is 0 Å². The van der Waals surface area contributed by atoms with Crippen LogP contribution in [0.5, 0.6) is 0 Å². The van der Waals surface area contributed by atoms with Gasteiger partial charge in [-0.1, -0.05) is 30.7 Å². The van der Waals surface area contributed by atoms with E-state index in [2.05, 4.69) is 5.32 Å². The van der Waals surface area contributed by atoms with Gasteiger partial charge in [-0.3, -0.25) is 9.36 Å². The van der Waals surface area contributed by atoms with Crippen LogP contribution in [0.25, 0.3) is 0 Å². The van der Waals surface area contributed by atoms with Crippen LogP contribution in [0.1, 0.15) is 37.4 Å². The van der Waals surface area contributed by atoms with Crippen molar-refractivity contribution in [3.05, 3.63) is 34.9 Å². The molecular formula is C16H23ClNO6P. The smallest absolute Gasteiger partial charge is 0.410 e. The molecule has 0 spiro atoms. The predicted molar refractivity (Wildman–Crippen MR) is 94.9 cm³/mol. The molecule has 0 fully saturated rings. The summed E-state index contributed by atoms with van der Waals surface area (Å²) in [6.45, 7) is 2.78. The molecule has 2 atom stereocenters. The number of benzene rings is 1. The minimum absolute atomic E-state index is 0.132. The zero-order chi connectivity index (χ0) is 18.9. The van der Waals surface area contributed by atoms with Crippen LogP contribution >= 0.6 is 19.0 Å². The number of amides is 1. The average molecular weight is 392 g/mol. The Bertz CT molecular complexity index is 616. The summed E-state index contributed by atoms with van der Waals surface area (Å²) in [6.07, 6.45) is 0.394. The maximum atomic E-state index is 12.1. The SMILES string of the molecule is CCCC(=O)OCOC(=O)NCCC(c1ccc(Cl)cc1)P(C)(=O)O. The van der Waals surface area contributed by atoms with E-state index in [-0.39, 0.29) is 19.4 Å². The van der Waals surface area contributed by atoms with Gasteiger partial charge < -0.3 is 19.7 Å². The first-order chi connectivity index (χ1) is 11.7. The van der Waals surface area contributed by atoms with E-state index < -0.39 is 31.9 Å². The van der Waals surface area contributed by atoms with Crippen LogP contribution in [0.2, 0.25) is 5.02 Å². The minimum atomic E-state index is -3.42. The van der Waals surface area contributed by atoms with Crippen molar-refractivity contribution in [2.24, 2.45) is 0 Å². The largest absolute Gasteiger partial charge is 0.428 e. The number of carbonyl (C=O) groups excluding carboxylic acids is 2. The molecule has 2 N–H and O–H groups in total. The van der Waals surface area contributed by atoms with Crippen LogP contribution in [0.15, 0.2) is 24.3 Å². The molecule has 2 unspecified atom stereocenters. The highest BCUT2D eigenvalue weighted by Gasteiger charge is 2.27. The number of nitrogens with one attached hydrogen (secondary N) is 1. The third-order valence-corrected chi connectivity index (χ3v) is 5.35. The summed E-state index contributed by atoms with van der Waals surface area (Å²) in [6, 6.07) is 6.66. The quantitative estimate of drug-likeness (QED) is 0.378. The Morgan fingerprint density at radius 2 is 1.92 bits per heavy atom. The summed E-state index contributed by atoms with van der Waals surface area (Å²) >= 11 is 5.83. The molecule has 1 amide bonds. The monoisotopic (exact) mass is 391 g/mol. The van der Waals surface area contributed by atoms with E-state index in [0.29, 0.717) is 17.0 Å². The molecule has 0 aliphatic rings. The van der Waals surface area contributed by atoms with E-state index in [1.54, 1.807) is 24.3 Å². The standard InChI is InChI=1S/C16H23ClNO6P/c1-3-4-15(19)23-11-24-16(20)18-10-9-14(25(2,21)22)12-5-7-13(17)8-6-12/h5-8,14H,3-4,9-11H2,1-2H3,(H,18,20)(H,21,22). The molecule has 0 bridgehead atoms. The summed E-state index contributed by atoms with van der Waals surface area (Å²) in [4.78, 5) is 32.6. The van der Waals surface area contributed by atoms with Crippen LogP contribution in [-0.4, -0.2) is 37.0 Å². The lowest BCUT2D eigenvalue weighted by atomic mass is 10.1. The molecule has 0 saturated carbocycles. The number of halogens is 1. The zero-order valence-electron chi connectivity index (χ0n) is 14.2.